The molecule has 0 spiro atoms. The van der Waals surface area contributed by atoms with Gasteiger partial charge in [-0.1, -0.05) is 11.6 Å². The van der Waals surface area contributed by atoms with E-state index in [1.807, 2.05) is 25.8 Å². The molecule has 0 fully saturated rings. The molecule has 0 heterocycles. The van der Waals surface area contributed by atoms with Crippen molar-refractivity contribution in [3.8, 4) is 0 Å². The van der Waals surface area contributed by atoms with E-state index in [0.29, 0.717) is 23.6 Å². The van der Waals surface area contributed by atoms with E-state index in [-0.39, 0.29) is 18.0 Å². The molecule has 1 aromatic rings. The summed E-state index contributed by atoms with van der Waals surface area (Å²) in [5, 5.41) is 9.53. The first kappa shape index (κ1) is 14.4. The lowest BCUT2D eigenvalue weighted by Gasteiger charge is -2.35. The van der Waals surface area contributed by atoms with Gasteiger partial charge < -0.3 is 5.11 Å². The maximum atomic E-state index is 13.6. The summed E-state index contributed by atoms with van der Waals surface area (Å²) in [5.74, 6) is -0.249. The van der Waals surface area contributed by atoms with Crippen LogP contribution in [0.3, 0.4) is 0 Å². The summed E-state index contributed by atoms with van der Waals surface area (Å²) in [6.45, 7) is 4.63. The number of benzene rings is 1. The van der Waals surface area contributed by atoms with E-state index in [1.165, 1.54) is 6.07 Å². The van der Waals surface area contributed by atoms with Crippen LogP contribution in [0.4, 0.5) is 4.39 Å². The number of aliphatic hydroxyl groups excluding tert-OH is 1. The van der Waals surface area contributed by atoms with Gasteiger partial charge in [0.15, 0.2) is 0 Å². The first-order valence-electron chi connectivity index (χ1n) is 5.63. The third-order valence-electron chi connectivity index (χ3n) is 3.17. The van der Waals surface area contributed by atoms with Crippen LogP contribution < -0.4 is 0 Å². The van der Waals surface area contributed by atoms with Crippen molar-refractivity contribution in [2.45, 2.75) is 32.4 Å². The lowest BCUT2D eigenvalue weighted by atomic mass is 9.98. The topological polar surface area (TPSA) is 23.5 Å². The van der Waals surface area contributed by atoms with Gasteiger partial charge in [0, 0.05) is 29.3 Å². The SMILES string of the molecule is CN(Cc1cc(Cl)ccc1F)C(C)(C)CCO. The highest BCUT2D eigenvalue weighted by atomic mass is 35.5. The Balaban J connectivity index is 2.80. The third kappa shape index (κ3) is 3.95. The molecule has 96 valence electrons. The fourth-order valence-electron chi connectivity index (χ4n) is 1.60. The maximum absolute atomic E-state index is 13.6. The minimum atomic E-state index is -0.249. The van der Waals surface area contributed by atoms with Crippen LogP contribution in [0.5, 0.6) is 0 Å². The molecule has 0 radical (unpaired) electrons. The third-order valence-corrected chi connectivity index (χ3v) is 3.41. The van der Waals surface area contributed by atoms with Crippen molar-refractivity contribution in [3.63, 3.8) is 0 Å². The quantitative estimate of drug-likeness (QED) is 0.879. The molecular weight excluding hydrogens is 241 g/mol. The summed E-state index contributed by atoms with van der Waals surface area (Å²) in [6.07, 6.45) is 0.645. The first-order chi connectivity index (χ1) is 7.86. The molecule has 0 unspecified atom stereocenters. The van der Waals surface area contributed by atoms with Crippen LogP contribution in [-0.4, -0.2) is 29.2 Å². The minimum Gasteiger partial charge on any atom is -0.396 e. The second-order valence-electron chi connectivity index (χ2n) is 4.88. The highest BCUT2D eigenvalue weighted by molar-refractivity contribution is 6.30. The monoisotopic (exact) mass is 259 g/mol. The predicted molar refractivity (Wildman–Crippen MR) is 68.7 cm³/mol. The van der Waals surface area contributed by atoms with Crippen LogP contribution in [0.15, 0.2) is 18.2 Å². The van der Waals surface area contributed by atoms with E-state index >= 15 is 0 Å². The predicted octanol–water partition coefficient (Wildman–Crippen LogP) is 3.07. The second kappa shape index (κ2) is 5.80. The summed E-state index contributed by atoms with van der Waals surface area (Å²) >= 11 is 5.85. The van der Waals surface area contributed by atoms with Crippen molar-refractivity contribution >= 4 is 11.6 Å². The van der Waals surface area contributed by atoms with Gasteiger partial charge in [0.25, 0.3) is 0 Å². The van der Waals surface area contributed by atoms with Crippen molar-refractivity contribution in [1.82, 2.24) is 4.90 Å². The summed E-state index contributed by atoms with van der Waals surface area (Å²) < 4.78 is 13.6. The molecule has 0 amide bonds. The van der Waals surface area contributed by atoms with Gasteiger partial charge in [-0.3, -0.25) is 4.90 Å². The number of hydrogen-bond donors (Lipinski definition) is 1. The Kier molecular flexibility index (Phi) is 4.92. The Labute approximate surface area is 107 Å². The molecule has 0 aromatic heterocycles. The summed E-state index contributed by atoms with van der Waals surface area (Å²) in [4.78, 5) is 2.01. The van der Waals surface area contributed by atoms with Crippen molar-refractivity contribution in [1.29, 1.82) is 0 Å². The number of aliphatic hydroxyl groups is 1. The molecule has 0 atom stereocenters. The molecule has 0 saturated carbocycles. The molecule has 0 aliphatic carbocycles. The lowest BCUT2D eigenvalue weighted by molar-refractivity contribution is 0.109. The van der Waals surface area contributed by atoms with Crippen LogP contribution >= 0.6 is 11.6 Å². The summed E-state index contributed by atoms with van der Waals surface area (Å²) in [7, 11) is 1.91. The largest absolute Gasteiger partial charge is 0.396 e. The van der Waals surface area contributed by atoms with Gasteiger partial charge in [0.2, 0.25) is 0 Å². The summed E-state index contributed by atoms with van der Waals surface area (Å²) in [6, 6.07) is 4.56. The van der Waals surface area contributed by atoms with E-state index in [1.54, 1.807) is 12.1 Å². The number of hydrogen-bond acceptors (Lipinski definition) is 2. The Morgan fingerprint density at radius 1 is 1.41 bits per heavy atom. The van der Waals surface area contributed by atoms with Gasteiger partial charge in [-0.2, -0.15) is 0 Å². The number of nitrogens with zero attached hydrogens (tertiary/aromatic N) is 1. The molecule has 1 N–H and O–H groups in total. The molecule has 1 aromatic carbocycles. The first-order valence-corrected chi connectivity index (χ1v) is 6.00. The minimum absolute atomic E-state index is 0.120. The molecule has 1 rings (SSSR count). The molecule has 0 aliphatic rings. The fraction of sp³-hybridized carbons (Fsp3) is 0.538. The van der Waals surface area contributed by atoms with E-state index in [4.69, 9.17) is 16.7 Å². The smallest absolute Gasteiger partial charge is 0.127 e. The fourth-order valence-corrected chi connectivity index (χ4v) is 1.79. The Morgan fingerprint density at radius 2 is 2.06 bits per heavy atom. The standard InChI is InChI=1S/C13H19ClFNO/c1-13(2,6-7-17)16(3)9-10-8-11(14)4-5-12(10)15/h4-5,8,17H,6-7,9H2,1-3H3. The lowest BCUT2D eigenvalue weighted by Crippen LogP contribution is -2.41. The zero-order valence-electron chi connectivity index (χ0n) is 10.5. The van der Waals surface area contributed by atoms with Gasteiger partial charge in [-0.25, -0.2) is 4.39 Å². The van der Waals surface area contributed by atoms with Gasteiger partial charge in [-0.05, 0) is 45.5 Å². The van der Waals surface area contributed by atoms with E-state index in [0.717, 1.165) is 0 Å². The van der Waals surface area contributed by atoms with Gasteiger partial charge >= 0.3 is 0 Å². The second-order valence-corrected chi connectivity index (χ2v) is 5.31. The molecule has 0 aliphatic heterocycles. The van der Waals surface area contributed by atoms with Crippen LogP contribution in [0.2, 0.25) is 5.02 Å². The Bertz CT molecular complexity index is 382. The Morgan fingerprint density at radius 3 is 2.65 bits per heavy atom. The van der Waals surface area contributed by atoms with Crippen molar-refractivity contribution in [2.24, 2.45) is 0 Å². The van der Waals surface area contributed by atoms with Gasteiger partial charge in [0.05, 0.1) is 0 Å². The molecule has 0 saturated heterocycles. The van der Waals surface area contributed by atoms with Gasteiger partial charge in [-0.15, -0.1) is 0 Å². The molecule has 0 bridgehead atoms. The molecule has 2 nitrogen and oxygen atoms in total. The van der Waals surface area contributed by atoms with Crippen LogP contribution in [0.1, 0.15) is 25.8 Å². The van der Waals surface area contributed by atoms with E-state index in [9.17, 15) is 4.39 Å². The van der Waals surface area contributed by atoms with Gasteiger partial charge in [0.1, 0.15) is 5.82 Å². The number of rotatable bonds is 5. The van der Waals surface area contributed by atoms with Crippen molar-refractivity contribution in [3.05, 3.63) is 34.6 Å². The normalized spacial score (nSPS) is 12.2. The maximum Gasteiger partial charge on any atom is 0.127 e. The van der Waals surface area contributed by atoms with Crippen molar-refractivity contribution in [2.75, 3.05) is 13.7 Å². The number of halogens is 2. The average Bonchev–Trinajstić information content (AvgIpc) is 2.23. The zero-order valence-corrected chi connectivity index (χ0v) is 11.3. The van der Waals surface area contributed by atoms with Crippen LogP contribution in [0.25, 0.3) is 0 Å². The molecule has 4 heteroatoms. The highest BCUT2D eigenvalue weighted by Crippen LogP contribution is 2.22. The van der Waals surface area contributed by atoms with Crippen molar-refractivity contribution < 1.29 is 9.50 Å². The Hall–Kier alpha value is -0.640. The summed E-state index contributed by atoms with van der Waals surface area (Å²) in [5.41, 5.74) is 0.398. The van der Waals surface area contributed by atoms with E-state index in [2.05, 4.69) is 0 Å². The van der Waals surface area contributed by atoms with E-state index < -0.39 is 0 Å². The molecule has 17 heavy (non-hydrogen) atoms. The van der Waals surface area contributed by atoms with Crippen LogP contribution in [0, 0.1) is 5.82 Å². The van der Waals surface area contributed by atoms with Crippen LogP contribution in [-0.2, 0) is 6.54 Å². The highest BCUT2D eigenvalue weighted by Gasteiger charge is 2.23. The zero-order chi connectivity index (χ0) is 13.1. The average molecular weight is 260 g/mol. The molecular formula is C13H19ClFNO.